The highest BCUT2D eigenvalue weighted by atomic mass is 16.2. The molecular weight excluding hydrogens is 410 g/mol. The molecule has 6 nitrogen and oxygen atoms in total. The first-order chi connectivity index (χ1) is 16.0. The lowest BCUT2D eigenvalue weighted by Crippen LogP contribution is -2.42. The van der Waals surface area contributed by atoms with Crippen LogP contribution in [0.25, 0.3) is 0 Å². The van der Waals surface area contributed by atoms with E-state index in [2.05, 4.69) is 64.2 Å². The van der Waals surface area contributed by atoms with Crippen LogP contribution in [0.2, 0.25) is 0 Å². The molecule has 1 fully saturated rings. The Hall–Kier alpha value is -3.41. The van der Waals surface area contributed by atoms with Gasteiger partial charge in [-0.2, -0.15) is 0 Å². The monoisotopic (exact) mass is 441 g/mol. The Bertz CT molecular complexity index is 1140. The van der Waals surface area contributed by atoms with Gasteiger partial charge in [0.1, 0.15) is 11.5 Å². The molecule has 0 unspecified atom stereocenters. The van der Waals surface area contributed by atoms with E-state index in [4.69, 9.17) is 0 Å². The highest BCUT2D eigenvalue weighted by Gasteiger charge is 2.47. The minimum atomic E-state index is -0.0189. The largest absolute Gasteiger partial charge is 0.378 e. The Balaban J connectivity index is 1.38. The number of hydrogen-bond acceptors (Lipinski definition) is 5. The maximum Gasteiger partial charge on any atom is 0.272 e. The highest BCUT2D eigenvalue weighted by Crippen LogP contribution is 2.52. The number of carbonyl (C=O) groups is 1. The molecule has 2 aliphatic rings. The van der Waals surface area contributed by atoms with Gasteiger partial charge in [0.15, 0.2) is 0 Å². The third-order valence-corrected chi connectivity index (χ3v) is 7.44. The highest BCUT2D eigenvalue weighted by molar-refractivity contribution is 5.92. The Kier molecular flexibility index (Phi) is 5.52. The van der Waals surface area contributed by atoms with Crippen molar-refractivity contribution in [3.8, 4) is 0 Å². The van der Waals surface area contributed by atoms with Crippen molar-refractivity contribution >= 4 is 17.4 Å². The third-order valence-electron chi connectivity index (χ3n) is 7.44. The Labute approximate surface area is 195 Å². The number of rotatable bonds is 4. The van der Waals surface area contributed by atoms with Gasteiger partial charge in [-0.25, -0.2) is 4.98 Å². The number of aromatic nitrogens is 2. The van der Waals surface area contributed by atoms with E-state index in [9.17, 15) is 4.79 Å². The van der Waals surface area contributed by atoms with Crippen molar-refractivity contribution in [2.45, 2.75) is 30.7 Å². The number of nitrogens with zero attached hydrogens (tertiary/aromatic N) is 5. The molecule has 3 heterocycles. The van der Waals surface area contributed by atoms with Gasteiger partial charge in [-0.3, -0.25) is 9.78 Å². The maximum absolute atomic E-state index is 13.2. The van der Waals surface area contributed by atoms with Crippen LogP contribution in [0, 0.1) is 0 Å². The Morgan fingerprint density at radius 2 is 1.73 bits per heavy atom. The van der Waals surface area contributed by atoms with Crippen molar-refractivity contribution in [1.82, 2.24) is 14.9 Å². The lowest BCUT2D eigenvalue weighted by atomic mass is 9.73. The van der Waals surface area contributed by atoms with Gasteiger partial charge >= 0.3 is 0 Å². The van der Waals surface area contributed by atoms with E-state index in [1.54, 1.807) is 12.3 Å². The second kappa shape index (κ2) is 8.50. The fourth-order valence-electron chi connectivity index (χ4n) is 5.51. The molecule has 1 spiro atoms. The average molecular weight is 442 g/mol. The molecule has 0 radical (unpaired) electrons. The fraction of sp³-hybridized carbons (Fsp3) is 0.370. The second-order valence-electron chi connectivity index (χ2n) is 9.47. The number of hydrogen-bond donors (Lipinski definition) is 0. The maximum atomic E-state index is 13.2. The van der Waals surface area contributed by atoms with E-state index in [0.717, 1.165) is 38.2 Å². The lowest BCUT2D eigenvalue weighted by Gasteiger charge is -2.41. The normalized spacial score (nSPS) is 18.8. The summed E-state index contributed by atoms with van der Waals surface area (Å²) in [4.78, 5) is 28.5. The van der Waals surface area contributed by atoms with Crippen molar-refractivity contribution in [1.29, 1.82) is 0 Å². The van der Waals surface area contributed by atoms with Crippen LogP contribution in [0.5, 0.6) is 0 Å². The molecule has 170 valence electrons. The first-order valence-corrected chi connectivity index (χ1v) is 11.6. The zero-order valence-corrected chi connectivity index (χ0v) is 19.6. The van der Waals surface area contributed by atoms with Crippen LogP contribution in [0.1, 0.15) is 46.9 Å². The van der Waals surface area contributed by atoms with Crippen LogP contribution in [0.3, 0.4) is 0 Å². The predicted octanol–water partition coefficient (Wildman–Crippen LogP) is 4.30. The Morgan fingerprint density at radius 1 is 0.970 bits per heavy atom. The molecule has 6 heteroatoms. The molecule has 0 saturated carbocycles. The van der Waals surface area contributed by atoms with Crippen LogP contribution in [-0.2, 0) is 5.41 Å². The van der Waals surface area contributed by atoms with Gasteiger partial charge in [0, 0.05) is 63.8 Å². The third kappa shape index (κ3) is 3.84. The van der Waals surface area contributed by atoms with Gasteiger partial charge in [0.05, 0.1) is 6.04 Å². The predicted molar refractivity (Wildman–Crippen MR) is 132 cm³/mol. The number of benzene rings is 1. The van der Waals surface area contributed by atoms with E-state index in [1.165, 1.54) is 16.8 Å². The Morgan fingerprint density at radius 3 is 2.45 bits per heavy atom. The number of amides is 1. The summed E-state index contributed by atoms with van der Waals surface area (Å²) >= 11 is 0. The van der Waals surface area contributed by atoms with Gasteiger partial charge in [-0.15, -0.1) is 0 Å². The number of anilines is 2. The second-order valence-corrected chi connectivity index (χ2v) is 9.47. The standard InChI is InChI=1S/C27H31N5O/c1-30(2)20-11-15-29-25(18-20)32-16-12-27(13-17-32)19-24(21-8-4-5-9-22(21)27)31(3)26(33)23-10-6-7-14-28-23/h4-11,14-15,18,24H,12-13,16-17,19H2,1-3H3/t24-/m1/s1. The molecule has 0 N–H and O–H groups in total. The number of fused-ring (bicyclic) bond motifs is 2. The molecule has 0 bridgehead atoms. The molecule has 3 aromatic rings. The molecule has 33 heavy (non-hydrogen) atoms. The number of pyridine rings is 2. The molecule has 1 amide bonds. The van der Waals surface area contributed by atoms with Crippen molar-refractivity contribution in [3.63, 3.8) is 0 Å². The number of carbonyl (C=O) groups excluding carboxylic acids is 1. The minimum absolute atomic E-state index is 0.0189. The number of piperidine rings is 1. The molecule has 1 atom stereocenters. The van der Waals surface area contributed by atoms with Crippen LogP contribution >= 0.6 is 0 Å². The SMILES string of the molecule is CN(C)c1ccnc(N2CCC3(CC2)C[C@@H](N(C)C(=O)c2ccccn2)c2ccccc23)c1. The fourth-order valence-corrected chi connectivity index (χ4v) is 5.51. The topological polar surface area (TPSA) is 52.6 Å². The summed E-state index contributed by atoms with van der Waals surface area (Å²) in [5.74, 6) is 1.02. The molecule has 1 aliphatic heterocycles. The van der Waals surface area contributed by atoms with E-state index >= 15 is 0 Å². The zero-order chi connectivity index (χ0) is 23.0. The molecule has 2 aromatic heterocycles. The summed E-state index contributed by atoms with van der Waals surface area (Å²) in [6.07, 6.45) is 6.65. The zero-order valence-electron chi connectivity index (χ0n) is 19.6. The summed E-state index contributed by atoms with van der Waals surface area (Å²) in [7, 11) is 6.04. The molecule has 1 aliphatic carbocycles. The summed E-state index contributed by atoms with van der Waals surface area (Å²) in [6.45, 7) is 1.92. The molecule has 5 rings (SSSR count). The first-order valence-electron chi connectivity index (χ1n) is 11.6. The smallest absolute Gasteiger partial charge is 0.272 e. The lowest BCUT2D eigenvalue weighted by molar-refractivity contribution is 0.0706. The molecule has 1 saturated heterocycles. The van der Waals surface area contributed by atoms with E-state index in [-0.39, 0.29) is 17.4 Å². The van der Waals surface area contributed by atoms with E-state index in [0.29, 0.717) is 5.69 Å². The first kappa shape index (κ1) is 21.4. The van der Waals surface area contributed by atoms with Crippen LogP contribution < -0.4 is 9.80 Å². The van der Waals surface area contributed by atoms with Crippen molar-refractivity contribution in [2.75, 3.05) is 44.0 Å². The van der Waals surface area contributed by atoms with Crippen LogP contribution in [-0.4, -0.2) is 55.0 Å². The quantitative estimate of drug-likeness (QED) is 0.604. The van der Waals surface area contributed by atoms with Crippen LogP contribution in [0.4, 0.5) is 11.5 Å². The van der Waals surface area contributed by atoms with Gasteiger partial charge in [0.2, 0.25) is 0 Å². The summed E-state index contributed by atoms with van der Waals surface area (Å²) < 4.78 is 0. The summed E-state index contributed by atoms with van der Waals surface area (Å²) in [5, 5.41) is 0. The van der Waals surface area contributed by atoms with Crippen molar-refractivity contribution < 1.29 is 4.79 Å². The average Bonchev–Trinajstić information content (AvgIpc) is 3.18. The molecular formula is C27H31N5O. The van der Waals surface area contributed by atoms with Crippen molar-refractivity contribution in [2.24, 2.45) is 0 Å². The minimum Gasteiger partial charge on any atom is -0.378 e. The summed E-state index contributed by atoms with van der Waals surface area (Å²) in [6, 6.07) is 18.5. The van der Waals surface area contributed by atoms with Gasteiger partial charge in [-0.05, 0) is 48.6 Å². The van der Waals surface area contributed by atoms with E-state index in [1.807, 2.05) is 36.3 Å². The summed E-state index contributed by atoms with van der Waals surface area (Å²) in [5.41, 5.74) is 4.45. The van der Waals surface area contributed by atoms with Crippen molar-refractivity contribution in [3.05, 3.63) is 83.8 Å². The molecule has 1 aromatic carbocycles. The van der Waals surface area contributed by atoms with Gasteiger partial charge in [-0.1, -0.05) is 30.3 Å². The van der Waals surface area contributed by atoms with Gasteiger partial charge < -0.3 is 14.7 Å². The van der Waals surface area contributed by atoms with Gasteiger partial charge in [0.25, 0.3) is 5.91 Å². The van der Waals surface area contributed by atoms with E-state index < -0.39 is 0 Å². The van der Waals surface area contributed by atoms with Crippen LogP contribution in [0.15, 0.2) is 67.0 Å².